The molecule has 0 spiro atoms. The Balaban J connectivity index is 1.94. The molecule has 3 aromatic rings. The van der Waals surface area contributed by atoms with Crippen molar-refractivity contribution in [2.24, 2.45) is 0 Å². The summed E-state index contributed by atoms with van der Waals surface area (Å²) in [4.78, 5) is 26.4. The van der Waals surface area contributed by atoms with Crippen LogP contribution in [-0.4, -0.2) is 29.7 Å². The Morgan fingerprint density at radius 2 is 1.97 bits per heavy atom. The number of thioether (sulfide) groups is 1. The average Bonchev–Trinajstić information content (AvgIpc) is 2.73. The zero-order valence-electron chi connectivity index (χ0n) is 16.0. The minimum atomic E-state index is -2.21. The van der Waals surface area contributed by atoms with Crippen molar-refractivity contribution in [3.05, 3.63) is 70.1 Å². The summed E-state index contributed by atoms with van der Waals surface area (Å²) in [6.07, 6.45) is 1.82. The van der Waals surface area contributed by atoms with E-state index in [0.29, 0.717) is 11.0 Å². The van der Waals surface area contributed by atoms with Crippen LogP contribution in [0.4, 0.5) is 0 Å². The van der Waals surface area contributed by atoms with Gasteiger partial charge in [-0.1, -0.05) is 24.3 Å². The third kappa shape index (κ3) is 3.41. The van der Waals surface area contributed by atoms with Crippen LogP contribution in [-0.2, 0) is 9.53 Å². The Morgan fingerprint density at radius 3 is 2.66 bits per heavy atom. The second-order valence-corrected chi connectivity index (χ2v) is 7.64. The predicted octanol–water partition coefficient (Wildman–Crippen LogP) is 3.68. The average molecular weight is 412 g/mol. The van der Waals surface area contributed by atoms with E-state index in [1.54, 1.807) is 43.0 Å². The Kier molecular flexibility index (Phi) is 5.10. The number of ether oxygens (including phenoxy) is 2. The molecule has 6 nitrogen and oxygen atoms in total. The van der Waals surface area contributed by atoms with Gasteiger partial charge in [0.25, 0.3) is 0 Å². The van der Waals surface area contributed by atoms with Gasteiger partial charge < -0.3 is 19.0 Å². The molecule has 2 heterocycles. The standard InChI is InChI=1S/C22H20O6S/c1-3-26-21(24)22(25)12-16(13-8-10-14(29-2)11-9-13)18-19(28-22)15-6-4-5-7-17(15)27-20(18)23/h4-11,16,25H,3,12H2,1-2H3/t16-,22?/m1/s1. The molecule has 2 atom stereocenters. The molecular formula is C22H20O6S. The highest BCUT2D eigenvalue weighted by molar-refractivity contribution is 7.98. The molecule has 0 saturated heterocycles. The summed E-state index contributed by atoms with van der Waals surface area (Å²) in [5.41, 5.74) is 0.830. The van der Waals surface area contributed by atoms with Crippen LogP contribution in [0, 0.1) is 0 Å². The summed E-state index contributed by atoms with van der Waals surface area (Å²) in [5.74, 6) is -3.53. The van der Waals surface area contributed by atoms with Gasteiger partial charge in [-0.15, -0.1) is 11.8 Å². The summed E-state index contributed by atoms with van der Waals surface area (Å²) in [6.45, 7) is 1.75. The number of esters is 1. The van der Waals surface area contributed by atoms with Crippen molar-refractivity contribution >= 4 is 28.7 Å². The molecule has 0 radical (unpaired) electrons. The van der Waals surface area contributed by atoms with Crippen molar-refractivity contribution in [2.45, 2.75) is 29.9 Å². The number of aliphatic hydroxyl groups is 1. The molecule has 2 aromatic carbocycles. The Labute approximate surface area is 171 Å². The van der Waals surface area contributed by atoms with Crippen LogP contribution in [0.2, 0.25) is 0 Å². The first-order valence-electron chi connectivity index (χ1n) is 9.25. The highest BCUT2D eigenvalue weighted by Gasteiger charge is 2.49. The van der Waals surface area contributed by atoms with Gasteiger partial charge in [-0.2, -0.15) is 0 Å². The van der Waals surface area contributed by atoms with E-state index in [1.807, 2.05) is 30.5 Å². The van der Waals surface area contributed by atoms with Gasteiger partial charge in [0.1, 0.15) is 11.3 Å². The van der Waals surface area contributed by atoms with Gasteiger partial charge in [0.2, 0.25) is 0 Å². The van der Waals surface area contributed by atoms with Crippen molar-refractivity contribution < 1.29 is 23.8 Å². The highest BCUT2D eigenvalue weighted by Crippen LogP contribution is 2.45. The monoisotopic (exact) mass is 412 g/mol. The van der Waals surface area contributed by atoms with Crippen molar-refractivity contribution in [1.29, 1.82) is 0 Å². The lowest BCUT2D eigenvalue weighted by molar-refractivity contribution is -0.205. The number of fused-ring (bicyclic) bond motifs is 3. The highest BCUT2D eigenvalue weighted by atomic mass is 32.2. The van der Waals surface area contributed by atoms with Crippen LogP contribution in [0.3, 0.4) is 0 Å². The third-order valence-electron chi connectivity index (χ3n) is 5.01. The lowest BCUT2D eigenvalue weighted by atomic mass is 9.83. The lowest BCUT2D eigenvalue weighted by Crippen LogP contribution is -2.50. The van der Waals surface area contributed by atoms with E-state index >= 15 is 0 Å². The van der Waals surface area contributed by atoms with Gasteiger partial charge in [0.05, 0.1) is 17.6 Å². The molecule has 29 heavy (non-hydrogen) atoms. The number of hydrogen-bond acceptors (Lipinski definition) is 7. The summed E-state index contributed by atoms with van der Waals surface area (Å²) < 4.78 is 16.3. The second kappa shape index (κ2) is 7.57. The van der Waals surface area contributed by atoms with Crippen molar-refractivity contribution in [3.8, 4) is 5.75 Å². The van der Waals surface area contributed by atoms with Gasteiger partial charge in [-0.05, 0) is 43.0 Å². The third-order valence-corrected chi connectivity index (χ3v) is 5.76. The first kappa shape index (κ1) is 19.5. The quantitative estimate of drug-likeness (QED) is 0.397. The molecule has 7 heteroatoms. The van der Waals surface area contributed by atoms with Crippen molar-refractivity contribution in [2.75, 3.05) is 12.9 Å². The number of hydrogen-bond donors (Lipinski definition) is 1. The zero-order chi connectivity index (χ0) is 20.6. The molecule has 0 amide bonds. The zero-order valence-corrected chi connectivity index (χ0v) is 16.8. The lowest BCUT2D eigenvalue weighted by Gasteiger charge is -2.36. The number of benzene rings is 2. The molecule has 4 rings (SSSR count). The Bertz CT molecular complexity index is 1120. The molecule has 0 saturated carbocycles. The van der Waals surface area contributed by atoms with E-state index in [9.17, 15) is 14.7 Å². The van der Waals surface area contributed by atoms with Crippen molar-refractivity contribution in [1.82, 2.24) is 0 Å². The molecule has 1 aliphatic heterocycles. The van der Waals surface area contributed by atoms with E-state index in [0.717, 1.165) is 10.5 Å². The number of rotatable bonds is 4. The molecule has 0 fully saturated rings. The van der Waals surface area contributed by atoms with E-state index < -0.39 is 23.3 Å². The van der Waals surface area contributed by atoms with Gasteiger partial charge in [-0.25, -0.2) is 9.59 Å². The van der Waals surface area contributed by atoms with Gasteiger partial charge >= 0.3 is 17.4 Å². The van der Waals surface area contributed by atoms with Crippen LogP contribution >= 0.6 is 11.8 Å². The summed E-state index contributed by atoms with van der Waals surface area (Å²) in [6, 6.07) is 14.5. The fraction of sp³-hybridized carbons (Fsp3) is 0.273. The van der Waals surface area contributed by atoms with Crippen LogP contribution < -0.4 is 10.4 Å². The van der Waals surface area contributed by atoms with E-state index in [4.69, 9.17) is 13.9 Å². The number of carbonyl (C=O) groups excluding carboxylic acids is 1. The van der Waals surface area contributed by atoms with Crippen molar-refractivity contribution in [3.63, 3.8) is 0 Å². The molecular weight excluding hydrogens is 392 g/mol. The summed E-state index contributed by atoms with van der Waals surface area (Å²) in [7, 11) is 0. The summed E-state index contributed by atoms with van der Waals surface area (Å²) in [5, 5.41) is 11.6. The summed E-state index contributed by atoms with van der Waals surface area (Å²) >= 11 is 1.60. The molecule has 150 valence electrons. The van der Waals surface area contributed by atoms with Gasteiger partial charge in [0.15, 0.2) is 0 Å². The van der Waals surface area contributed by atoms with Gasteiger partial charge in [0, 0.05) is 17.2 Å². The van der Waals surface area contributed by atoms with Crippen LogP contribution in [0.1, 0.15) is 30.4 Å². The maximum absolute atomic E-state index is 12.8. The molecule has 1 N–H and O–H groups in total. The maximum Gasteiger partial charge on any atom is 0.379 e. The fourth-order valence-corrected chi connectivity index (χ4v) is 4.03. The Morgan fingerprint density at radius 1 is 1.24 bits per heavy atom. The molecule has 0 aliphatic carbocycles. The smallest absolute Gasteiger partial charge is 0.379 e. The van der Waals surface area contributed by atoms with Crippen LogP contribution in [0.25, 0.3) is 11.0 Å². The second-order valence-electron chi connectivity index (χ2n) is 6.77. The largest absolute Gasteiger partial charge is 0.461 e. The minimum Gasteiger partial charge on any atom is -0.461 e. The van der Waals surface area contributed by atoms with E-state index in [2.05, 4.69) is 0 Å². The minimum absolute atomic E-state index is 0.0993. The number of carbonyl (C=O) groups is 1. The van der Waals surface area contributed by atoms with Gasteiger partial charge in [-0.3, -0.25) is 0 Å². The first-order chi connectivity index (χ1) is 14.0. The topological polar surface area (TPSA) is 86.0 Å². The Hall–Kier alpha value is -2.77. The van der Waals surface area contributed by atoms with E-state index in [-0.39, 0.29) is 24.3 Å². The number of para-hydroxylation sites is 1. The fourth-order valence-electron chi connectivity index (χ4n) is 3.63. The molecule has 1 aliphatic rings. The SMILES string of the molecule is CCOC(=O)C1(O)C[C@H](c2ccc(SC)cc2)c2c(c3ccccc3oc2=O)O1. The van der Waals surface area contributed by atoms with Crippen LogP contribution in [0.5, 0.6) is 5.75 Å². The van der Waals surface area contributed by atoms with Crippen LogP contribution in [0.15, 0.2) is 62.6 Å². The maximum atomic E-state index is 12.8. The predicted molar refractivity (Wildman–Crippen MR) is 109 cm³/mol. The molecule has 1 unspecified atom stereocenters. The molecule has 0 bridgehead atoms. The normalized spacial score (nSPS) is 20.7. The van der Waals surface area contributed by atoms with E-state index in [1.165, 1.54) is 0 Å². The first-order valence-corrected chi connectivity index (χ1v) is 10.5. The molecule has 1 aromatic heterocycles.